The van der Waals surface area contributed by atoms with E-state index in [1.165, 1.54) is 29.7 Å². The van der Waals surface area contributed by atoms with Gasteiger partial charge in [0.1, 0.15) is 18.2 Å². The fourth-order valence-corrected chi connectivity index (χ4v) is 2.43. The molecule has 0 atom stereocenters. The van der Waals surface area contributed by atoms with E-state index in [0.29, 0.717) is 5.82 Å². The van der Waals surface area contributed by atoms with Crippen LogP contribution >= 0.6 is 0 Å². The summed E-state index contributed by atoms with van der Waals surface area (Å²) in [5.41, 5.74) is -0.298. The lowest BCUT2D eigenvalue weighted by atomic mass is 10.1. The standard InChI is InChI=1S/C13H9F2N9O/c14-13(15)5-22(6-13)10-1-11(18-7-17-10)24-12(25)9(3-19-24)23-4-8(2-16)20-21-23/h1,3-4,7,19H,5-6H2. The fourth-order valence-electron chi connectivity index (χ4n) is 2.43. The number of hydrogen-bond donors (Lipinski definition) is 1. The number of aromatic amines is 1. The Kier molecular flexibility index (Phi) is 3.11. The molecular weight excluding hydrogens is 336 g/mol. The van der Waals surface area contributed by atoms with E-state index in [-0.39, 0.29) is 17.2 Å². The number of aromatic nitrogens is 7. The molecule has 1 saturated heterocycles. The van der Waals surface area contributed by atoms with Gasteiger partial charge in [-0.25, -0.2) is 23.4 Å². The fraction of sp³-hybridized carbons (Fsp3) is 0.231. The van der Waals surface area contributed by atoms with Gasteiger partial charge in [-0.1, -0.05) is 5.21 Å². The Morgan fingerprint density at radius 1 is 1.28 bits per heavy atom. The summed E-state index contributed by atoms with van der Waals surface area (Å²) in [5, 5.41) is 18.8. The van der Waals surface area contributed by atoms with E-state index in [2.05, 4.69) is 25.4 Å². The average molecular weight is 345 g/mol. The van der Waals surface area contributed by atoms with E-state index in [1.54, 1.807) is 0 Å². The molecule has 12 heteroatoms. The molecule has 126 valence electrons. The third-order valence-corrected chi connectivity index (χ3v) is 3.64. The van der Waals surface area contributed by atoms with Gasteiger partial charge in [-0.2, -0.15) is 9.94 Å². The number of H-pyrrole nitrogens is 1. The predicted octanol–water partition coefficient (Wildman–Crippen LogP) is -0.137. The Balaban J connectivity index is 1.67. The Bertz CT molecular complexity index is 1040. The zero-order chi connectivity index (χ0) is 17.6. The number of nitriles is 1. The summed E-state index contributed by atoms with van der Waals surface area (Å²) in [6.45, 7) is -0.853. The molecule has 3 aromatic heterocycles. The van der Waals surface area contributed by atoms with E-state index in [0.717, 1.165) is 9.36 Å². The lowest BCUT2D eigenvalue weighted by molar-refractivity contribution is -0.0267. The van der Waals surface area contributed by atoms with Gasteiger partial charge in [-0.15, -0.1) is 5.10 Å². The van der Waals surface area contributed by atoms with E-state index in [4.69, 9.17) is 5.26 Å². The first kappa shape index (κ1) is 14.9. The first-order chi connectivity index (χ1) is 12.0. The lowest BCUT2D eigenvalue weighted by Crippen LogP contribution is -2.56. The molecule has 4 rings (SSSR count). The van der Waals surface area contributed by atoms with Crippen LogP contribution in [0.15, 0.2) is 29.6 Å². The van der Waals surface area contributed by atoms with Crippen LogP contribution in [0.2, 0.25) is 0 Å². The molecule has 10 nitrogen and oxygen atoms in total. The largest absolute Gasteiger partial charge is 0.344 e. The van der Waals surface area contributed by atoms with Crippen LogP contribution in [0.5, 0.6) is 0 Å². The van der Waals surface area contributed by atoms with E-state index >= 15 is 0 Å². The highest BCUT2D eigenvalue weighted by Crippen LogP contribution is 2.30. The monoisotopic (exact) mass is 345 g/mol. The number of anilines is 1. The van der Waals surface area contributed by atoms with Crippen LogP contribution in [0.25, 0.3) is 11.5 Å². The van der Waals surface area contributed by atoms with Crippen molar-refractivity contribution in [1.29, 1.82) is 5.26 Å². The maximum absolute atomic E-state index is 13.0. The van der Waals surface area contributed by atoms with Crippen molar-refractivity contribution in [2.45, 2.75) is 5.92 Å². The maximum atomic E-state index is 13.0. The molecule has 0 aromatic carbocycles. The molecule has 1 aliphatic rings. The Hall–Kier alpha value is -3.62. The molecule has 0 radical (unpaired) electrons. The topological polar surface area (TPSA) is 121 Å². The molecule has 0 spiro atoms. The highest BCUT2D eigenvalue weighted by Gasteiger charge is 2.44. The van der Waals surface area contributed by atoms with Gasteiger partial charge >= 0.3 is 0 Å². The molecule has 1 N–H and O–H groups in total. The summed E-state index contributed by atoms with van der Waals surface area (Å²) in [4.78, 5) is 21.8. The molecule has 1 aliphatic heterocycles. The van der Waals surface area contributed by atoms with Crippen molar-refractivity contribution < 1.29 is 8.78 Å². The number of nitrogens with one attached hydrogen (secondary N) is 1. The number of hydrogen-bond acceptors (Lipinski definition) is 7. The van der Waals surface area contributed by atoms with Crippen LogP contribution in [-0.2, 0) is 0 Å². The maximum Gasteiger partial charge on any atom is 0.298 e. The molecule has 0 saturated carbocycles. The summed E-state index contributed by atoms with van der Waals surface area (Å²) in [6.07, 6.45) is 3.87. The highest BCUT2D eigenvalue weighted by atomic mass is 19.3. The normalized spacial score (nSPS) is 15.6. The average Bonchev–Trinajstić information content (AvgIpc) is 3.19. The first-order valence-electron chi connectivity index (χ1n) is 7.05. The van der Waals surface area contributed by atoms with Gasteiger partial charge in [0.05, 0.1) is 25.5 Å². The van der Waals surface area contributed by atoms with Gasteiger partial charge in [-0.05, 0) is 0 Å². The molecule has 0 unspecified atom stereocenters. The quantitative estimate of drug-likeness (QED) is 0.701. The minimum absolute atomic E-state index is 0.0650. The second-order valence-electron chi connectivity index (χ2n) is 5.41. The van der Waals surface area contributed by atoms with Crippen molar-refractivity contribution in [3.8, 4) is 17.6 Å². The van der Waals surface area contributed by atoms with Crippen molar-refractivity contribution in [3.05, 3.63) is 40.8 Å². The number of nitrogens with zero attached hydrogens (tertiary/aromatic N) is 8. The highest BCUT2D eigenvalue weighted by molar-refractivity contribution is 5.47. The van der Waals surface area contributed by atoms with Gasteiger partial charge in [0, 0.05) is 6.07 Å². The molecule has 0 aliphatic carbocycles. The molecule has 25 heavy (non-hydrogen) atoms. The molecule has 4 heterocycles. The molecule has 1 fully saturated rings. The minimum atomic E-state index is -2.73. The number of halogens is 2. The summed E-state index contributed by atoms with van der Waals surface area (Å²) >= 11 is 0. The summed E-state index contributed by atoms with van der Waals surface area (Å²) in [7, 11) is 0. The van der Waals surface area contributed by atoms with Crippen molar-refractivity contribution >= 4 is 5.82 Å². The van der Waals surface area contributed by atoms with Crippen molar-refractivity contribution in [2.24, 2.45) is 0 Å². The van der Waals surface area contributed by atoms with Crippen molar-refractivity contribution in [1.82, 2.24) is 34.7 Å². The van der Waals surface area contributed by atoms with Gasteiger partial charge in [0.2, 0.25) is 0 Å². The van der Waals surface area contributed by atoms with Crippen LogP contribution in [0.3, 0.4) is 0 Å². The SMILES string of the molecule is N#Cc1cn(-c2c[nH]n(-c3cc(N4CC(F)(F)C4)ncn3)c2=O)nn1. The van der Waals surface area contributed by atoms with E-state index < -0.39 is 24.6 Å². The van der Waals surface area contributed by atoms with Crippen molar-refractivity contribution in [2.75, 3.05) is 18.0 Å². The number of rotatable bonds is 3. The molecule has 3 aromatic rings. The third kappa shape index (κ3) is 2.51. The smallest absolute Gasteiger partial charge is 0.298 e. The first-order valence-corrected chi connectivity index (χ1v) is 7.05. The lowest BCUT2D eigenvalue weighted by Gasteiger charge is -2.39. The Morgan fingerprint density at radius 3 is 2.72 bits per heavy atom. The van der Waals surface area contributed by atoms with Crippen LogP contribution in [0.4, 0.5) is 14.6 Å². The second kappa shape index (κ2) is 5.20. The van der Waals surface area contributed by atoms with Crippen molar-refractivity contribution in [3.63, 3.8) is 0 Å². The zero-order valence-electron chi connectivity index (χ0n) is 12.5. The van der Waals surface area contributed by atoms with Gasteiger partial charge in [0.25, 0.3) is 11.5 Å². The zero-order valence-corrected chi connectivity index (χ0v) is 12.5. The third-order valence-electron chi connectivity index (χ3n) is 3.64. The Morgan fingerprint density at radius 2 is 2.04 bits per heavy atom. The summed E-state index contributed by atoms with van der Waals surface area (Å²) in [6, 6.07) is 3.24. The van der Waals surface area contributed by atoms with Gasteiger partial charge in [-0.3, -0.25) is 9.89 Å². The second-order valence-corrected chi connectivity index (χ2v) is 5.41. The molecule has 0 bridgehead atoms. The molecular formula is C13H9F2N9O. The summed E-state index contributed by atoms with van der Waals surface area (Å²) < 4.78 is 28.3. The molecule has 0 amide bonds. The van der Waals surface area contributed by atoms with Crippen LogP contribution < -0.4 is 10.5 Å². The Labute approximate surface area is 137 Å². The van der Waals surface area contributed by atoms with Crippen LogP contribution in [0.1, 0.15) is 5.69 Å². The van der Waals surface area contributed by atoms with E-state index in [1.807, 2.05) is 6.07 Å². The predicted molar refractivity (Wildman–Crippen MR) is 78.8 cm³/mol. The van der Waals surface area contributed by atoms with Gasteiger partial charge in [0.15, 0.2) is 17.2 Å². The van der Waals surface area contributed by atoms with E-state index in [9.17, 15) is 13.6 Å². The van der Waals surface area contributed by atoms with Crippen LogP contribution in [-0.4, -0.2) is 53.8 Å². The minimum Gasteiger partial charge on any atom is -0.344 e. The van der Waals surface area contributed by atoms with Gasteiger partial charge < -0.3 is 4.90 Å². The van der Waals surface area contributed by atoms with Crippen LogP contribution in [0, 0.1) is 11.3 Å². The number of alkyl halides is 2. The summed E-state index contributed by atoms with van der Waals surface area (Å²) in [5.74, 6) is -2.24.